The van der Waals surface area contributed by atoms with Gasteiger partial charge in [-0.3, -0.25) is 9.30 Å². The fourth-order valence-corrected chi connectivity index (χ4v) is 4.53. The quantitative estimate of drug-likeness (QED) is 0.561. The second-order valence-electron chi connectivity index (χ2n) is 8.21. The molecule has 0 radical (unpaired) electrons. The van der Waals surface area contributed by atoms with Gasteiger partial charge in [-0.2, -0.15) is 0 Å². The zero-order chi connectivity index (χ0) is 22.8. The van der Waals surface area contributed by atoms with Crippen LogP contribution in [-0.4, -0.2) is 69.2 Å². The van der Waals surface area contributed by atoms with Crippen LogP contribution in [0.25, 0.3) is 11.2 Å². The monoisotopic (exact) mass is 454 g/mol. The molecule has 0 fully saturated rings. The topological polar surface area (TPSA) is 97.0 Å². The van der Waals surface area contributed by atoms with Crippen molar-refractivity contribution in [2.75, 3.05) is 38.7 Å². The second kappa shape index (κ2) is 9.42. The molecule has 10 heteroatoms. The third-order valence-electron chi connectivity index (χ3n) is 6.26. The van der Waals surface area contributed by atoms with Crippen molar-refractivity contribution in [1.29, 1.82) is 0 Å². The van der Waals surface area contributed by atoms with Gasteiger partial charge in [0.05, 0.1) is 13.2 Å². The van der Waals surface area contributed by atoms with Crippen LogP contribution in [0.15, 0.2) is 30.7 Å². The first-order valence-corrected chi connectivity index (χ1v) is 11.1. The predicted molar refractivity (Wildman–Crippen MR) is 120 cm³/mol. The lowest BCUT2D eigenvalue weighted by Gasteiger charge is -2.25. The molecule has 2 aliphatic heterocycles. The standard InChI is InChI=1S/C23H27FN6O3/c1-32-13-21(31)29-8-2-3-15(6-9-29)17-11-25-23(30-14-27-28-22(17)30)26-12-18-16-7-10-33-20(16)5-4-19(18)24/h3-5,11,14,21,31H,2,6-10,12-13H2,1H3,(H,25,26). The molecule has 2 aromatic heterocycles. The van der Waals surface area contributed by atoms with Gasteiger partial charge in [0.2, 0.25) is 5.95 Å². The highest BCUT2D eigenvalue weighted by Gasteiger charge is 2.22. The molecule has 0 saturated carbocycles. The van der Waals surface area contributed by atoms with Crippen LogP contribution in [0.3, 0.4) is 0 Å². The number of benzene rings is 1. The third kappa shape index (κ3) is 4.29. The van der Waals surface area contributed by atoms with E-state index in [1.54, 1.807) is 30.1 Å². The number of hydrogen-bond donors (Lipinski definition) is 2. The first-order valence-electron chi connectivity index (χ1n) is 11.1. The maximum absolute atomic E-state index is 14.5. The van der Waals surface area contributed by atoms with E-state index in [2.05, 4.69) is 26.6 Å². The molecule has 0 aliphatic carbocycles. The second-order valence-corrected chi connectivity index (χ2v) is 8.21. The molecule has 1 aromatic carbocycles. The lowest BCUT2D eigenvalue weighted by molar-refractivity contribution is -0.0445. The molecular weight excluding hydrogens is 427 g/mol. The number of methoxy groups -OCH3 is 1. The summed E-state index contributed by atoms with van der Waals surface area (Å²) >= 11 is 0. The molecule has 0 amide bonds. The zero-order valence-electron chi connectivity index (χ0n) is 18.5. The van der Waals surface area contributed by atoms with Crippen molar-refractivity contribution >= 4 is 17.2 Å². The van der Waals surface area contributed by atoms with Gasteiger partial charge >= 0.3 is 0 Å². The van der Waals surface area contributed by atoms with Crippen LogP contribution in [0.4, 0.5) is 10.3 Å². The Labute approximate surface area is 190 Å². The molecular formula is C23H27FN6O3. The molecule has 1 unspecified atom stereocenters. The van der Waals surface area contributed by atoms with Crippen LogP contribution < -0.4 is 10.1 Å². The SMILES string of the molecule is COCC(O)N1CCC=C(c2cnc(NCc3c(F)ccc4c3CCO4)n3cnnc23)CC1. The Morgan fingerprint density at radius 3 is 3.09 bits per heavy atom. The molecule has 2 aliphatic rings. The van der Waals surface area contributed by atoms with Crippen molar-refractivity contribution in [3.05, 3.63) is 53.2 Å². The van der Waals surface area contributed by atoms with Crippen molar-refractivity contribution in [3.63, 3.8) is 0 Å². The Morgan fingerprint density at radius 1 is 1.30 bits per heavy atom. The highest BCUT2D eigenvalue weighted by Crippen LogP contribution is 2.31. The highest BCUT2D eigenvalue weighted by atomic mass is 19.1. The van der Waals surface area contributed by atoms with E-state index in [1.807, 2.05) is 4.90 Å². The Bertz CT molecular complexity index is 1180. The van der Waals surface area contributed by atoms with Crippen LogP contribution >= 0.6 is 0 Å². The van der Waals surface area contributed by atoms with Crippen molar-refractivity contribution in [3.8, 4) is 5.75 Å². The van der Waals surface area contributed by atoms with Crippen molar-refractivity contribution in [2.45, 2.75) is 32.0 Å². The number of aromatic nitrogens is 4. The number of anilines is 1. The fraction of sp³-hybridized carbons (Fsp3) is 0.435. The molecule has 0 bridgehead atoms. The average Bonchev–Trinajstić information content (AvgIpc) is 3.43. The van der Waals surface area contributed by atoms with Gasteiger partial charge in [-0.25, -0.2) is 9.37 Å². The van der Waals surface area contributed by atoms with Crippen molar-refractivity contribution < 1.29 is 19.0 Å². The minimum atomic E-state index is -0.620. The van der Waals surface area contributed by atoms with Gasteiger partial charge < -0.3 is 19.9 Å². The van der Waals surface area contributed by atoms with Crippen LogP contribution in [0.1, 0.15) is 29.5 Å². The molecule has 5 rings (SSSR count). The summed E-state index contributed by atoms with van der Waals surface area (Å²) in [5.74, 6) is 1.03. The molecule has 3 aromatic rings. The van der Waals surface area contributed by atoms with E-state index in [-0.39, 0.29) is 19.0 Å². The Kier molecular flexibility index (Phi) is 6.21. The maximum Gasteiger partial charge on any atom is 0.210 e. The van der Waals surface area contributed by atoms with Crippen LogP contribution in [0.2, 0.25) is 0 Å². The number of hydrogen-bond acceptors (Lipinski definition) is 8. The van der Waals surface area contributed by atoms with E-state index in [9.17, 15) is 9.50 Å². The summed E-state index contributed by atoms with van der Waals surface area (Å²) in [4.78, 5) is 6.61. The van der Waals surface area contributed by atoms with Gasteiger partial charge in [0.25, 0.3) is 0 Å². The number of aliphatic hydroxyl groups is 1. The summed E-state index contributed by atoms with van der Waals surface area (Å²) in [7, 11) is 1.58. The number of rotatable bonds is 7. The molecule has 0 spiro atoms. The minimum Gasteiger partial charge on any atom is -0.493 e. The van der Waals surface area contributed by atoms with Crippen LogP contribution in [-0.2, 0) is 17.7 Å². The first kappa shape index (κ1) is 21.7. The minimum absolute atomic E-state index is 0.257. The normalized spacial score (nSPS) is 17.4. The summed E-state index contributed by atoms with van der Waals surface area (Å²) in [5.41, 5.74) is 4.21. The number of nitrogens with zero attached hydrogens (tertiary/aromatic N) is 5. The maximum atomic E-state index is 14.5. The Hall–Kier alpha value is -3.08. The lowest BCUT2D eigenvalue weighted by Crippen LogP contribution is -2.39. The van der Waals surface area contributed by atoms with Crippen LogP contribution in [0.5, 0.6) is 5.75 Å². The average molecular weight is 455 g/mol. The van der Waals surface area contributed by atoms with Crippen molar-refractivity contribution in [1.82, 2.24) is 24.5 Å². The molecule has 174 valence electrons. The molecule has 2 N–H and O–H groups in total. The summed E-state index contributed by atoms with van der Waals surface area (Å²) < 4.78 is 26.9. The van der Waals surface area contributed by atoms with E-state index < -0.39 is 6.23 Å². The van der Waals surface area contributed by atoms with E-state index in [0.29, 0.717) is 36.7 Å². The van der Waals surface area contributed by atoms with Gasteiger partial charge in [-0.15, -0.1) is 10.2 Å². The van der Waals surface area contributed by atoms with Gasteiger partial charge in [-0.1, -0.05) is 6.08 Å². The fourth-order valence-electron chi connectivity index (χ4n) is 4.53. The summed E-state index contributed by atoms with van der Waals surface area (Å²) in [5, 5.41) is 21.9. The lowest BCUT2D eigenvalue weighted by atomic mass is 10.0. The zero-order valence-corrected chi connectivity index (χ0v) is 18.5. The first-order chi connectivity index (χ1) is 16.2. The predicted octanol–water partition coefficient (Wildman–Crippen LogP) is 2.25. The molecule has 0 saturated heterocycles. The number of aliphatic hydroxyl groups excluding tert-OH is 1. The summed E-state index contributed by atoms with van der Waals surface area (Å²) in [6.45, 7) is 2.59. The van der Waals surface area contributed by atoms with E-state index in [0.717, 1.165) is 41.8 Å². The Morgan fingerprint density at radius 2 is 2.21 bits per heavy atom. The van der Waals surface area contributed by atoms with Gasteiger partial charge in [-0.05, 0) is 30.5 Å². The summed E-state index contributed by atoms with van der Waals surface area (Å²) in [6.07, 6.45) is 7.19. The highest BCUT2D eigenvalue weighted by molar-refractivity contribution is 5.76. The number of ether oxygens (including phenoxy) is 2. The van der Waals surface area contributed by atoms with Crippen molar-refractivity contribution in [2.24, 2.45) is 0 Å². The van der Waals surface area contributed by atoms with Crippen LogP contribution in [0, 0.1) is 5.82 Å². The number of nitrogens with one attached hydrogen (secondary N) is 1. The summed E-state index contributed by atoms with van der Waals surface area (Å²) in [6, 6.07) is 3.12. The Balaban J connectivity index is 1.36. The molecule has 9 nitrogen and oxygen atoms in total. The molecule has 33 heavy (non-hydrogen) atoms. The van der Waals surface area contributed by atoms with E-state index >= 15 is 0 Å². The van der Waals surface area contributed by atoms with E-state index in [4.69, 9.17) is 9.47 Å². The largest absolute Gasteiger partial charge is 0.493 e. The van der Waals surface area contributed by atoms with Gasteiger partial charge in [0.15, 0.2) is 5.65 Å². The van der Waals surface area contributed by atoms with E-state index in [1.165, 1.54) is 6.07 Å². The smallest absolute Gasteiger partial charge is 0.210 e. The number of fused-ring (bicyclic) bond motifs is 2. The number of halogens is 1. The third-order valence-corrected chi connectivity index (χ3v) is 6.26. The van der Waals surface area contributed by atoms with Gasteiger partial charge in [0, 0.05) is 56.1 Å². The molecule has 4 heterocycles. The molecule has 1 atom stereocenters. The van der Waals surface area contributed by atoms with Gasteiger partial charge in [0.1, 0.15) is 24.1 Å².